The molecule has 0 amide bonds. The summed E-state index contributed by atoms with van der Waals surface area (Å²) in [6, 6.07) is 0. The lowest BCUT2D eigenvalue weighted by molar-refractivity contribution is -0.137. The van der Waals surface area contributed by atoms with Crippen molar-refractivity contribution in [2.75, 3.05) is 11.9 Å². The zero-order valence-electron chi connectivity index (χ0n) is 11.0. The van der Waals surface area contributed by atoms with Crippen LogP contribution in [0.5, 0.6) is 0 Å². The van der Waals surface area contributed by atoms with Gasteiger partial charge in [0, 0.05) is 25.4 Å². The minimum absolute atomic E-state index is 0.244. The average molecular weight is 251 g/mol. The Morgan fingerprint density at radius 2 is 2.17 bits per heavy atom. The molecule has 5 nitrogen and oxygen atoms in total. The van der Waals surface area contributed by atoms with E-state index in [2.05, 4.69) is 29.1 Å². The summed E-state index contributed by atoms with van der Waals surface area (Å²) in [4.78, 5) is 18.7. The average Bonchev–Trinajstić information content (AvgIpc) is 2.34. The van der Waals surface area contributed by atoms with Crippen molar-refractivity contribution >= 4 is 11.8 Å². The molecule has 1 aromatic heterocycles. The highest BCUT2D eigenvalue weighted by atomic mass is 16.4. The van der Waals surface area contributed by atoms with Crippen LogP contribution in [-0.2, 0) is 4.79 Å². The maximum Gasteiger partial charge on any atom is 0.303 e. The van der Waals surface area contributed by atoms with Gasteiger partial charge in [0.25, 0.3) is 0 Å². The minimum Gasteiger partial charge on any atom is -0.481 e. The molecule has 1 heterocycles. The summed E-state index contributed by atoms with van der Waals surface area (Å²) in [5, 5.41) is 11.9. The Hall–Kier alpha value is -1.65. The van der Waals surface area contributed by atoms with E-state index in [1.165, 1.54) is 0 Å². The van der Waals surface area contributed by atoms with Crippen LogP contribution in [0, 0.1) is 11.8 Å². The number of rotatable bonds is 8. The number of nitrogens with zero attached hydrogens (tertiary/aromatic N) is 2. The second kappa shape index (κ2) is 7.63. The maximum absolute atomic E-state index is 10.6. The number of carboxylic acid groups (broad SMARTS) is 1. The Bertz CT molecular complexity index is 355. The van der Waals surface area contributed by atoms with E-state index in [1.807, 2.05) is 0 Å². The highest BCUT2D eigenvalue weighted by Gasteiger charge is 2.14. The van der Waals surface area contributed by atoms with Gasteiger partial charge < -0.3 is 10.4 Å². The molecule has 0 saturated carbocycles. The molecule has 100 valence electrons. The van der Waals surface area contributed by atoms with Crippen molar-refractivity contribution in [2.45, 2.75) is 33.1 Å². The Morgan fingerprint density at radius 1 is 1.39 bits per heavy atom. The topological polar surface area (TPSA) is 75.1 Å². The van der Waals surface area contributed by atoms with Crippen LogP contribution >= 0.6 is 0 Å². The predicted molar refractivity (Wildman–Crippen MR) is 70.3 cm³/mol. The third kappa shape index (κ3) is 5.61. The van der Waals surface area contributed by atoms with Crippen LogP contribution in [0.3, 0.4) is 0 Å². The molecular formula is C13H21N3O2. The molecule has 5 heteroatoms. The fraction of sp³-hybridized carbons (Fsp3) is 0.615. The number of carbonyl (C=O) groups is 1. The molecule has 1 atom stereocenters. The molecule has 2 N–H and O–H groups in total. The molecule has 0 aliphatic rings. The molecule has 0 aliphatic carbocycles. The zero-order valence-corrected chi connectivity index (χ0v) is 11.0. The standard InChI is InChI=1S/C13H21N3O2/c1-10(2)11(3-4-13(17)18)5-6-15-12-9-14-7-8-16-12/h7-11H,3-6H2,1-2H3,(H,15,16)(H,17,18). The fourth-order valence-corrected chi connectivity index (χ4v) is 1.90. The van der Waals surface area contributed by atoms with E-state index in [0.29, 0.717) is 11.8 Å². The third-order valence-electron chi connectivity index (χ3n) is 3.06. The third-order valence-corrected chi connectivity index (χ3v) is 3.06. The summed E-state index contributed by atoms with van der Waals surface area (Å²) < 4.78 is 0. The minimum atomic E-state index is -0.720. The quantitative estimate of drug-likeness (QED) is 0.742. The molecule has 0 radical (unpaired) electrons. The van der Waals surface area contributed by atoms with Crippen LogP contribution in [0.4, 0.5) is 5.82 Å². The number of aromatic nitrogens is 2. The lowest BCUT2D eigenvalue weighted by Gasteiger charge is -2.20. The fourth-order valence-electron chi connectivity index (χ4n) is 1.90. The lowest BCUT2D eigenvalue weighted by atomic mass is 9.88. The summed E-state index contributed by atoms with van der Waals surface area (Å²) >= 11 is 0. The summed E-state index contributed by atoms with van der Waals surface area (Å²) in [6.07, 6.45) is 6.88. The van der Waals surface area contributed by atoms with Crippen LogP contribution in [0.25, 0.3) is 0 Å². The molecule has 1 unspecified atom stereocenters. The molecule has 0 aromatic carbocycles. The van der Waals surface area contributed by atoms with Crippen LogP contribution in [0.1, 0.15) is 33.1 Å². The second-order valence-electron chi connectivity index (χ2n) is 4.74. The first-order valence-electron chi connectivity index (χ1n) is 6.31. The summed E-state index contributed by atoms with van der Waals surface area (Å²) in [5.74, 6) is 0.957. The van der Waals surface area contributed by atoms with Crippen molar-refractivity contribution in [3.63, 3.8) is 0 Å². The van der Waals surface area contributed by atoms with Gasteiger partial charge in [-0.2, -0.15) is 0 Å². The van der Waals surface area contributed by atoms with E-state index in [1.54, 1.807) is 18.6 Å². The number of aliphatic carboxylic acids is 1. The molecule has 0 bridgehead atoms. The van der Waals surface area contributed by atoms with Gasteiger partial charge in [0.2, 0.25) is 0 Å². The highest BCUT2D eigenvalue weighted by Crippen LogP contribution is 2.21. The maximum atomic E-state index is 10.6. The lowest BCUT2D eigenvalue weighted by Crippen LogP contribution is -2.16. The Labute approximate surface area is 108 Å². The first kappa shape index (κ1) is 14.4. The van der Waals surface area contributed by atoms with Crippen LogP contribution in [-0.4, -0.2) is 27.6 Å². The van der Waals surface area contributed by atoms with E-state index in [-0.39, 0.29) is 6.42 Å². The molecule has 0 saturated heterocycles. The largest absolute Gasteiger partial charge is 0.481 e. The highest BCUT2D eigenvalue weighted by molar-refractivity contribution is 5.66. The normalized spacial score (nSPS) is 12.4. The number of carboxylic acids is 1. The van der Waals surface area contributed by atoms with E-state index < -0.39 is 5.97 Å². The molecule has 1 aromatic rings. The van der Waals surface area contributed by atoms with Crippen molar-refractivity contribution in [2.24, 2.45) is 11.8 Å². The monoisotopic (exact) mass is 251 g/mol. The van der Waals surface area contributed by atoms with Crippen molar-refractivity contribution < 1.29 is 9.90 Å². The van der Waals surface area contributed by atoms with Gasteiger partial charge in [-0.05, 0) is 24.7 Å². The smallest absolute Gasteiger partial charge is 0.303 e. The molecule has 0 spiro atoms. The first-order chi connectivity index (χ1) is 8.59. The Morgan fingerprint density at radius 3 is 2.72 bits per heavy atom. The Balaban J connectivity index is 2.31. The van der Waals surface area contributed by atoms with Gasteiger partial charge >= 0.3 is 5.97 Å². The number of hydrogen-bond donors (Lipinski definition) is 2. The first-order valence-corrected chi connectivity index (χ1v) is 6.31. The van der Waals surface area contributed by atoms with E-state index >= 15 is 0 Å². The zero-order chi connectivity index (χ0) is 13.4. The predicted octanol–water partition coefficient (Wildman–Crippen LogP) is 2.42. The van der Waals surface area contributed by atoms with Gasteiger partial charge in [-0.25, -0.2) is 4.98 Å². The van der Waals surface area contributed by atoms with Gasteiger partial charge in [-0.1, -0.05) is 13.8 Å². The number of anilines is 1. The van der Waals surface area contributed by atoms with Gasteiger partial charge in [0.15, 0.2) is 0 Å². The van der Waals surface area contributed by atoms with Gasteiger partial charge in [-0.3, -0.25) is 9.78 Å². The number of nitrogens with one attached hydrogen (secondary N) is 1. The Kier molecular flexibility index (Phi) is 6.11. The molecular weight excluding hydrogens is 230 g/mol. The molecule has 18 heavy (non-hydrogen) atoms. The molecule has 0 fully saturated rings. The van der Waals surface area contributed by atoms with E-state index in [0.717, 1.165) is 25.2 Å². The van der Waals surface area contributed by atoms with Crippen LogP contribution in [0.2, 0.25) is 0 Å². The summed E-state index contributed by atoms with van der Waals surface area (Å²) in [7, 11) is 0. The van der Waals surface area contributed by atoms with Crippen LogP contribution in [0.15, 0.2) is 18.6 Å². The summed E-state index contributed by atoms with van der Waals surface area (Å²) in [5.41, 5.74) is 0. The second-order valence-corrected chi connectivity index (χ2v) is 4.74. The van der Waals surface area contributed by atoms with E-state index in [9.17, 15) is 4.79 Å². The van der Waals surface area contributed by atoms with Gasteiger partial charge in [0.1, 0.15) is 5.82 Å². The van der Waals surface area contributed by atoms with Crippen molar-refractivity contribution in [3.8, 4) is 0 Å². The molecule has 0 aliphatic heterocycles. The summed E-state index contributed by atoms with van der Waals surface area (Å²) in [6.45, 7) is 5.06. The van der Waals surface area contributed by atoms with Crippen LogP contribution < -0.4 is 5.32 Å². The SMILES string of the molecule is CC(C)C(CCNc1cnccn1)CCC(=O)O. The van der Waals surface area contributed by atoms with E-state index in [4.69, 9.17) is 5.11 Å². The number of hydrogen-bond acceptors (Lipinski definition) is 4. The van der Waals surface area contributed by atoms with Crippen molar-refractivity contribution in [1.82, 2.24) is 9.97 Å². The van der Waals surface area contributed by atoms with Crippen molar-refractivity contribution in [1.29, 1.82) is 0 Å². The molecule has 1 rings (SSSR count). The van der Waals surface area contributed by atoms with Crippen molar-refractivity contribution in [3.05, 3.63) is 18.6 Å². The van der Waals surface area contributed by atoms with Gasteiger partial charge in [0.05, 0.1) is 6.20 Å². The van der Waals surface area contributed by atoms with Gasteiger partial charge in [-0.15, -0.1) is 0 Å².